The van der Waals surface area contributed by atoms with Crippen LogP contribution in [0, 0.1) is 10.1 Å². The summed E-state index contributed by atoms with van der Waals surface area (Å²) in [6, 6.07) is 12.2. The quantitative estimate of drug-likeness (QED) is 0.379. The van der Waals surface area contributed by atoms with E-state index in [9.17, 15) is 18.5 Å². The van der Waals surface area contributed by atoms with Gasteiger partial charge in [-0.2, -0.15) is 4.31 Å². The van der Waals surface area contributed by atoms with Gasteiger partial charge in [0.15, 0.2) is 0 Å². The molecule has 2 aromatic carbocycles. The second-order valence-electron chi connectivity index (χ2n) is 6.10. The first kappa shape index (κ1) is 19.3. The first-order valence-electron chi connectivity index (χ1n) is 7.90. The Balaban J connectivity index is 2.04. The lowest BCUT2D eigenvalue weighted by Gasteiger charge is -2.37. The molecule has 0 aromatic heterocycles. The molecule has 0 radical (unpaired) electrons. The van der Waals surface area contributed by atoms with E-state index in [1.807, 2.05) is 12.1 Å². The molecule has 0 unspecified atom stereocenters. The van der Waals surface area contributed by atoms with E-state index in [0.29, 0.717) is 23.3 Å². The van der Waals surface area contributed by atoms with Gasteiger partial charge in [0.1, 0.15) is 0 Å². The largest absolute Gasteiger partial charge is 0.269 e. The molecule has 1 saturated heterocycles. The average molecular weight is 460 g/mol. The predicted molar refractivity (Wildman–Crippen MR) is 103 cm³/mol. The number of nitrogens with zero attached hydrogens (tertiary/aromatic N) is 2. The summed E-state index contributed by atoms with van der Waals surface area (Å²) < 4.78 is 28.0. The Bertz CT molecular complexity index is 919. The van der Waals surface area contributed by atoms with Crippen LogP contribution in [0.1, 0.15) is 18.4 Å². The van der Waals surface area contributed by atoms with Gasteiger partial charge in [-0.3, -0.25) is 10.1 Å². The van der Waals surface area contributed by atoms with Gasteiger partial charge in [0.05, 0.1) is 15.4 Å². The number of halogens is 2. The number of sulfonamides is 1. The minimum atomic E-state index is -3.81. The Kier molecular flexibility index (Phi) is 5.39. The molecule has 2 aromatic rings. The van der Waals surface area contributed by atoms with Crippen molar-refractivity contribution < 1.29 is 13.3 Å². The highest BCUT2D eigenvalue weighted by atomic mass is 79.9. The van der Waals surface area contributed by atoms with Gasteiger partial charge < -0.3 is 0 Å². The van der Waals surface area contributed by atoms with Gasteiger partial charge in [-0.15, -0.1) is 0 Å². The fourth-order valence-electron chi connectivity index (χ4n) is 3.33. The Morgan fingerprint density at radius 3 is 2.31 bits per heavy atom. The first-order chi connectivity index (χ1) is 12.3. The number of hydrogen-bond acceptors (Lipinski definition) is 4. The number of benzene rings is 2. The molecule has 9 heteroatoms. The van der Waals surface area contributed by atoms with E-state index in [1.54, 1.807) is 12.1 Å². The van der Waals surface area contributed by atoms with Gasteiger partial charge in [0.2, 0.25) is 10.0 Å². The molecule has 26 heavy (non-hydrogen) atoms. The van der Waals surface area contributed by atoms with Gasteiger partial charge in [-0.1, -0.05) is 39.7 Å². The monoisotopic (exact) mass is 458 g/mol. The molecule has 1 aliphatic heterocycles. The highest BCUT2D eigenvalue weighted by Gasteiger charge is 2.48. The number of non-ortho nitro benzene ring substituents is 1. The molecule has 1 aliphatic rings. The second-order valence-corrected chi connectivity index (χ2v) is 8.96. The van der Waals surface area contributed by atoms with Crippen LogP contribution in [-0.4, -0.2) is 29.5 Å². The summed E-state index contributed by atoms with van der Waals surface area (Å²) in [5.74, 6) is 0. The molecule has 3 rings (SSSR count). The standard InChI is InChI=1S/C17H16BrClN2O4S/c18-12-17(13-2-4-14(19)5-3-13)10-1-11-20(17)26(24,25)16-8-6-15(7-9-16)21(22)23/h2-9H,1,10-12H2/t17-/m0/s1. The average Bonchev–Trinajstić information content (AvgIpc) is 3.08. The van der Waals surface area contributed by atoms with Gasteiger partial charge >= 0.3 is 0 Å². The van der Waals surface area contributed by atoms with Gasteiger partial charge in [0, 0.05) is 29.0 Å². The molecule has 0 saturated carbocycles. The molecule has 0 spiro atoms. The van der Waals surface area contributed by atoms with E-state index in [2.05, 4.69) is 15.9 Å². The highest BCUT2D eigenvalue weighted by molar-refractivity contribution is 9.09. The molecule has 6 nitrogen and oxygen atoms in total. The normalized spacial score (nSPS) is 21.0. The van der Waals surface area contributed by atoms with Crippen LogP contribution in [0.2, 0.25) is 5.02 Å². The number of nitro groups is 1. The second kappa shape index (κ2) is 7.26. The van der Waals surface area contributed by atoms with Crippen molar-refractivity contribution in [1.29, 1.82) is 0 Å². The van der Waals surface area contributed by atoms with Crippen LogP contribution in [0.15, 0.2) is 53.4 Å². The summed E-state index contributed by atoms with van der Waals surface area (Å²) in [7, 11) is -3.81. The Hall–Kier alpha value is -1.48. The number of rotatable bonds is 5. The number of nitro benzene ring substituents is 1. The Morgan fingerprint density at radius 2 is 1.77 bits per heavy atom. The van der Waals surface area contributed by atoms with E-state index >= 15 is 0 Å². The van der Waals surface area contributed by atoms with Crippen LogP contribution in [0.3, 0.4) is 0 Å². The summed E-state index contributed by atoms with van der Waals surface area (Å²) >= 11 is 9.47. The van der Waals surface area contributed by atoms with Crippen molar-refractivity contribution in [3.05, 3.63) is 69.2 Å². The van der Waals surface area contributed by atoms with Crippen LogP contribution >= 0.6 is 27.5 Å². The van der Waals surface area contributed by atoms with Crippen molar-refractivity contribution in [1.82, 2.24) is 4.31 Å². The van der Waals surface area contributed by atoms with Crippen LogP contribution in [0.25, 0.3) is 0 Å². The van der Waals surface area contributed by atoms with E-state index in [1.165, 1.54) is 28.6 Å². The number of alkyl halides is 1. The molecule has 1 fully saturated rings. The molecule has 1 atom stereocenters. The Labute approximate surface area is 165 Å². The fourth-order valence-corrected chi connectivity index (χ4v) is 6.35. The van der Waals surface area contributed by atoms with Crippen molar-refractivity contribution in [3.8, 4) is 0 Å². The molecule has 0 amide bonds. The van der Waals surface area contributed by atoms with Gasteiger partial charge in [0.25, 0.3) is 5.69 Å². The smallest absolute Gasteiger partial charge is 0.258 e. The van der Waals surface area contributed by atoms with Crippen molar-refractivity contribution in [2.75, 3.05) is 11.9 Å². The van der Waals surface area contributed by atoms with Gasteiger partial charge in [-0.05, 0) is 42.7 Å². The fraction of sp³-hybridized carbons (Fsp3) is 0.294. The molecular formula is C17H16BrClN2O4S. The zero-order valence-corrected chi connectivity index (χ0v) is 16.8. The van der Waals surface area contributed by atoms with Crippen LogP contribution < -0.4 is 0 Å². The van der Waals surface area contributed by atoms with Crippen LogP contribution in [0.5, 0.6) is 0 Å². The first-order valence-corrected chi connectivity index (χ1v) is 10.8. The summed E-state index contributed by atoms with van der Waals surface area (Å²) in [5, 5.41) is 11.8. The van der Waals surface area contributed by atoms with E-state index in [0.717, 1.165) is 12.0 Å². The van der Waals surface area contributed by atoms with Crippen molar-refractivity contribution in [2.24, 2.45) is 0 Å². The van der Waals surface area contributed by atoms with E-state index < -0.39 is 20.5 Å². The van der Waals surface area contributed by atoms with Crippen molar-refractivity contribution >= 4 is 43.2 Å². The molecule has 0 bridgehead atoms. The predicted octanol–water partition coefficient (Wildman–Crippen LogP) is 4.32. The van der Waals surface area contributed by atoms with Crippen LogP contribution in [0.4, 0.5) is 5.69 Å². The summed E-state index contributed by atoms with van der Waals surface area (Å²) in [4.78, 5) is 10.3. The van der Waals surface area contributed by atoms with E-state index in [4.69, 9.17) is 11.6 Å². The number of hydrogen-bond donors (Lipinski definition) is 0. The lowest BCUT2D eigenvalue weighted by molar-refractivity contribution is -0.384. The Morgan fingerprint density at radius 1 is 1.15 bits per heavy atom. The molecule has 1 heterocycles. The lowest BCUT2D eigenvalue weighted by atomic mass is 9.90. The minimum absolute atomic E-state index is 0.0456. The maximum absolute atomic E-state index is 13.2. The zero-order chi connectivity index (χ0) is 18.9. The summed E-state index contributed by atoms with van der Waals surface area (Å²) in [5.41, 5.74) is 0.00200. The topological polar surface area (TPSA) is 80.5 Å². The third-order valence-corrected chi connectivity index (χ3v) is 7.83. The SMILES string of the molecule is O=[N+]([O-])c1ccc(S(=O)(=O)N2CCC[C@]2(CBr)c2ccc(Cl)cc2)cc1. The minimum Gasteiger partial charge on any atom is -0.258 e. The summed E-state index contributed by atoms with van der Waals surface area (Å²) in [6.45, 7) is 0.382. The maximum atomic E-state index is 13.2. The molecule has 0 N–H and O–H groups in total. The molecular weight excluding hydrogens is 444 g/mol. The van der Waals surface area contributed by atoms with Crippen molar-refractivity contribution in [3.63, 3.8) is 0 Å². The van der Waals surface area contributed by atoms with E-state index in [-0.39, 0.29) is 10.6 Å². The maximum Gasteiger partial charge on any atom is 0.269 e. The zero-order valence-electron chi connectivity index (χ0n) is 13.6. The third-order valence-electron chi connectivity index (χ3n) is 4.67. The van der Waals surface area contributed by atoms with Crippen molar-refractivity contribution in [2.45, 2.75) is 23.3 Å². The molecule has 0 aliphatic carbocycles. The highest BCUT2D eigenvalue weighted by Crippen LogP contribution is 2.44. The van der Waals surface area contributed by atoms with Gasteiger partial charge in [-0.25, -0.2) is 8.42 Å². The summed E-state index contributed by atoms with van der Waals surface area (Å²) in [6.07, 6.45) is 1.40. The molecule has 138 valence electrons. The lowest BCUT2D eigenvalue weighted by Crippen LogP contribution is -2.46. The third kappa shape index (κ3) is 3.26. The van der Waals surface area contributed by atoms with Crippen LogP contribution in [-0.2, 0) is 15.6 Å².